The predicted molar refractivity (Wildman–Crippen MR) is 128 cm³/mol. The number of hydrogen-bond donors (Lipinski definition) is 2. The lowest BCUT2D eigenvalue weighted by Crippen LogP contribution is -2.29. The molecule has 0 saturated carbocycles. The SMILES string of the molecule is C[n+]1c(-c2ccccc2)sc2c1sc(-c1ccccc1)[n+]2C.O=S(=O)(O)C(F)(F)F.O=S(=O)(O)C(F)(F)F. The summed E-state index contributed by atoms with van der Waals surface area (Å²) in [5, 5.41) is 2.61. The minimum absolute atomic E-state index is 1.28. The number of fused-ring (bicyclic) bond motifs is 1. The van der Waals surface area contributed by atoms with Crippen molar-refractivity contribution in [3.63, 3.8) is 0 Å². The number of aryl methyl sites for hydroxylation is 2. The number of rotatable bonds is 2. The minimum Gasteiger partial charge on any atom is -0.279 e. The van der Waals surface area contributed by atoms with E-state index in [0.29, 0.717) is 0 Å². The molecule has 0 fully saturated rings. The van der Waals surface area contributed by atoms with Crippen LogP contribution < -0.4 is 9.13 Å². The van der Waals surface area contributed by atoms with Gasteiger partial charge in [-0.25, -0.2) is 0 Å². The van der Waals surface area contributed by atoms with Crippen molar-refractivity contribution in [1.82, 2.24) is 0 Å². The lowest BCUT2D eigenvalue weighted by molar-refractivity contribution is -0.642. The standard InChI is InChI=1S/C18H16N2S2.2CHF3O3S/c1-19-15(13-9-5-3-6-10-13)21-18-17(19)22-16(20(18)2)14-11-7-4-8-12-14;2*2-1(3,4)8(5,6)7/h3-12H,1-2H3;2*(H,5,6,7)/q+2;;. The molecule has 0 bridgehead atoms. The Balaban J connectivity index is 0.000000264. The molecule has 2 N–H and O–H groups in total. The van der Waals surface area contributed by atoms with Gasteiger partial charge in [-0.15, -0.1) is 0 Å². The third-order valence-electron chi connectivity index (χ3n) is 4.41. The Morgan fingerprint density at radius 1 is 0.605 bits per heavy atom. The highest BCUT2D eigenvalue weighted by molar-refractivity contribution is 7.86. The normalized spacial score (nSPS) is 12.4. The van der Waals surface area contributed by atoms with Gasteiger partial charge in [-0.05, 0) is 24.3 Å². The molecule has 2 aromatic carbocycles. The van der Waals surface area contributed by atoms with E-state index >= 15 is 0 Å². The van der Waals surface area contributed by atoms with Crippen LogP contribution in [0.3, 0.4) is 0 Å². The molecule has 0 unspecified atom stereocenters. The van der Waals surface area contributed by atoms with Crippen LogP contribution in [0.25, 0.3) is 30.8 Å². The zero-order chi connectivity index (χ0) is 29.1. The van der Waals surface area contributed by atoms with Crippen LogP contribution in [0.1, 0.15) is 0 Å². The number of thiazole rings is 2. The molecule has 0 saturated heterocycles. The Bertz CT molecular complexity index is 1480. The fourth-order valence-electron chi connectivity index (χ4n) is 2.68. The number of halogens is 6. The fourth-order valence-corrected chi connectivity index (χ4v) is 5.28. The fraction of sp³-hybridized carbons (Fsp3) is 0.200. The largest absolute Gasteiger partial charge is 0.522 e. The maximum Gasteiger partial charge on any atom is 0.522 e. The van der Waals surface area contributed by atoms with Gasteiger partial charge in [0.15, 0.2) is 0 Å². The highest BCUT2D eigenvalue weighted by Crippen LogP contribution is 2.33. The summed E-state index contributed by atoms with van der Waals surface area (Å²) in [7, 11) is -7.36. The summed E-state index contributed by atoms with van der Waals surface area (Å²) in [4.78, 5) is 2.65. The Kier molecular flexibility index (Phi) is 9.66. The summed E-state index contributed by atoms with van der Waals surface area (Å²) >= 11 is 3.71. The molecule has 4 rings (SSSR count). The van der Waals surface area contributed by atoms with Crippen molar-refractivity contribution in [1.29, 1.82) is 0 Å². The van der Waals surface area contributed by atoms with Gasteiger partial charge in [0.2, 0.25) is 0 Å². The smallest absolute Gasteiger partial charge is 0.279 e. The molecule has 18 heteroatoms. The minimum atomic E-state index is -5.84. The van der Waals surface area contributed by atoms with E-state index in [1.165, 1.54) is 30.8 Å². The van der Waals surface area contributed by atoms with Gasteiger partial charge in [-0.3, -0.25) is 9.11 Å². The molecule has 0 atom stereocenters. The Morgan fingerprint density at radius 2 is 0.842 bits per heavy atom. The number of alkyl halides is 6. The predicted octanol–water partition coefficient (Wildman–Crippen LogP) is 4.73. The second-order valence-corrected chi connectivity index (χ2v) is 11.9. The second-order valence-electron chi connectivity index (χ2n) is 7.12. The van der Waals surface area contributed by atoms with Crippen molar-refractivity contribution < 1.29 is 61.4 Å². The third kappa shape index (κ3) is 7.70. The first-order chi connectivity index (χ1) is 17.3. The van der Waals surface area contributed by atoms with Gasteiger partial charge in [-0.1, -0.05) is 36.4 Å². The number of aromatic nitrogens is 2. The highest BCUT2D eigenvalue weighted by Gasteiger charge is 2.45. The van der Waals surface area contributed by atoms with Crippen molar-refractivity contribution in [3.8, 4) is 21.1 Å². The van der Waals surface area contributed by atoms with E-state index in [4.69, 9.17) is 25.9 Å². The molecule has 0 aliphatic rings. The zero-order valence-electron chi connectivity index (χ0n) is 19.1. The summed E-state index contributed by atoms with van der Waals surface area (Å²) in [6.45, 7) is 0. The summed E-state index contributed by atoms with van der Waals surface area (Å²) in [5.41, 5.74) is -8.51. The van der Waals surface area contributed by atoms with Crippen molar-refractivity contribution in [2.75, 3.05) is 0 Å². The van der Waals surface area contributed by atoms with Crippen LogP contribution in [0, 0.1) is 0 Å². The molecule has 0 spiro atoms. The van der Waals surface area contributed by atoms with Gasteiger partial charge in [0.1, 0.15) is 14.1 Å². The molecule has 0 aliphatic carbocycles. The van der Waals surface area contributed by atoms with E-state index in [1.807, 2.05) is 22.7 Å². The van der Waals surface area contributed by atoms with E-state index in [9.17, 15) is 26.3 Å². The lowest BCUT2D eigenvalue weighted by Gasteiger charge is -1.97. The molecule has 4 aromatic rings. The zero-order valence-corrected chi connectivity index (χ0v) is 22.4. The lowest BCUT2D eigenvalue weighted by atomic mass is 10.2. The van der Waals surface area contributed by atoms with Crippen molar-refractivity contribution in [2.45, 2.75) is 11.0 Å². The van der Waals surface area contributed by atoms with Crippen LogP contribution in [-0.2, 0) is 34.3 Å². The quantitative estimate of drug-likeness (QED) is 0.144. The van der Waals surface area contributed by atoms with Crippen molar-refractivity contribution in [3.05, 3.63) is 60.7 Å². The molecule has 208 valence electrons. The van der Waals surface area contributed by atoms with Crippen LogP contribution >= 0.6 is 22.7 Å². The van der Waals surface area contributed by atoms with E-state index in [1.54, 1.807) is 0 Å². The summed E-state index contributed by atoms with van der Waals surface area (Å²) in [5.74, 6) is 0. The molecule has 2 heterocycles. The Labute approximate surface area is 220 Å². The summed E-state index contributed by atoms with van der Waals surface area (Å²) in [6.07, 6.45) is 0. The topological polar surface area (TPSA) is 116 Å². The molecule has 2 aromatic heterocycles. The Morgan fingerprint density at radius 3 is 1.05 bits per heavy atom. The van der Waals surface area contributed by atoms with Crippen molar-refractivity contribution in [2.24, 2.45) is 14.1 Å². The first kappa shape index (κ1) is 31.6. The van der Waals surface area contributed by atoms with Gasteiger partial charge in [-0.2, -0.15) is 52.3 Å². The molecule has 38 heavy (non-hydrogen) atoms. The number of nitrogens with zero attached hydrogens (tertiary/aromatic N) is 2. The molecule has 0 amide bonds. The van der Waals surface area contributed by atoms with E-state index in [-0.39, 0.29) is 0 Å². The maximum atomic E-state index is 10.7. The average Bonchev–Trinajstić information content (AvgIpc) is 3.29. The summed E-state index contributed by atoms with van der Waals surface area (Å²) in [6, 6.07) is 21.2. The van der Waals surface area contributed by atoms with Gasteiger partial charge < -0.3 is 0 Å². The van der Waals surface area contributed by atoms with Crippen molar-refractivity contribution >= 4 is 52.6 Å². The van der Waals surface area contributed by atoms with Crippen LogP contribution in [-0.4, -0.2) is 37.0 Å². The molecule has 8 nitrogen and oxygen atoms in total. The number of hydrogen-bond acceptors (Lipinski definition) is 6. The number of benzene rings is 2. The average molecular weight is 625 g/mol. The molecule has 0 radical (unpaired) electrons. The molecular formula is C20H18F6N2O6S4+2. The van der Waals surface area contributed by atoms with E-state index in [2.05, 4.69) is 83.9 Å². The van der Waals surface area contributed by atoms with E-state index < -0.39 is 31.3 Å². The third-order valence-corrected chi connectivity index (χ3v) is 8.44. The first-order valence-electron chi connectivity index (χ1n) is 9.75. The second kappa shape index (κ2) is 11.6. The van der Waals surface area contributed by atoms with Crippen LogP contribution in [0.5, 0.6) is 0 Å². The molecular weight excluding hydrogens is 606 g/mol. The van der Waals surface area contributed by atoms with Gasteiger partial charge in [0, 0.05) is 22.7 Å². The Hall–Kier alpha value is -2.64. The summed E-state index contributed by atoms with van der Waals surface area (Å²) < 4.78 is 120. The first-order valence-corrected chi connectivity index (χ1v) is 14.3. The van der Waals surface area contributed by atoms with Gasteiger partial charge in [0.25, 0.3) is 10.0 Å². The van der Waals surface area contributed by atoms with Crippen LogP contribution in [0.2, 0.25) is 0 Å². The highest BCUT2D eigenvalue weighted by atomic mass is 32.2. The maximum absolute atomic E-state index is 10.7. The van der Waals surface area contributed by atoms with Gasteiger partial charge in [0.05, 0.1) is 11.1 Å². The monoisotopic (exact) mass is 624 g/mol. The van der Waals surface area contributed by atoms with Gasteiger partial charge >= 0.3 is 40.9 Å². The molecule has 0 aliphatic heterocycles. The van der Waals surface area contributed by atoms with Crippen LogP contribution in [0.4, 0.5) is 26.3 Å². The van der Waals surface area contributed by atoms with E-state index in [0.717, 1.165) is 0 Å². The van der Waals surface area contributed by atoms with Crippen LogP contribution in [0.15, 0.2) is 60.7 Å².